The molecule has 0 aromatic heterocycles. The highest BCUT2D eigenvalue weighted by molar-refractivity contribution is 5.69. The van der Waals surface area contributed by atoms with E-state index in [0.29, 0.717) is 11.5 Å². The second-order valence-corrected chi connectivity index (χ2v) is 4.44. The lowest BCUT2D eigenvalue weighted by Gasteiger charge is -2.27. The third-order valence-corrected chi connectivity index (χ3v) is 3.11. The van der Waals surface area contributed by atoms with E-state index in [2.05, 4.69) is 31.7 Å². The van der Waals surface area contributed by atoms with Crippen LogP contribution in [0.3, 0.4) is 0 Å². The monoisotopic (exact) mass is 231 g/mol. The molecule has 0 radical (unpaired) electrons. The van der Waals surface area contributed by atoms with Crippen molar-refractivity contribution in [2.24, 2.45) is 5.92 Å². The fourth-order valence-corrected chi connectivity index (χ4v) is 1.79. The molecule has 0 heterocycles. The van der Waals surface area contributed by atoms with Gasteiger partial charge in [-0.15, -0.1) is 0 Å². The van der Waals surface area contributed by atoms with E-state index in [1.807, 2.05) is 12.1 Å². The second kappa shape index (κ2) is 6.15. The normalized spacial score (nSPS) is 11.9. The lowest BCUT2D eigenvalue weighted by molar-refractivity contribution is 0.548. The van der Waals surface area contributed by atoms with E-state index < -0.39 is 0 Å². The molecular formula is C14H21N3. The van der Waals surface area contributed by atoms with Crippen LogP contribution in [0.2, 0.25) is 0 Å². The number of hydrogen-bond donors (Lipinski definition) is 1. The van der Waals surface area contributed by atoms with Gasteiger partial charge in [0.15, 0.2) is 0 Å². The molecule has 0 aliphatic carbocycles. The Bertz CT molecular complexity index is 406. The zero-order valence-electron chi connectivity index (χ0n) is 10.9. The highest BCUT2D eigenvalue weighted by atomic mass is 15.1. The van der Waals surface area contributed by atoms with E-state index in [1.54, 1.807) is 6.07 Å². The molecule has 0 spiro atoms. The third-order valence-electron chi connectivity index (χ3n) is 3.11. The average molecular weight is 231 g/mol. The largest absolute Gasteiger partial charge is 0.397 e. The number of rotatable bonds is 5. The molecule has 1 rings (SSSR count). The summed E-state index contributed by atoms with van der Waals surface area (Å²) in [4.78, 5) is 2.24. The Morgan fingerprint density at radius 2 is 2.12 bits per heavy atom. The molecule has 92 valence electrons. The van der Waals surface area contributed by atoms with Crippen molar-refractivity contribution in [3.8, 4) is 6.07 Å². The number of nitrogens with zero attached hydrogens (tertiary/aromatic N) is 2. The molecule has 3 nitrogen and oxygen atoms in total. The maximum absolute atomic E-state index is 8.93. The maximum atomic E-state index is 8.93. The summed E-state index contributed by atoms with van der Waals surface area (Å²) in [5.74, 6) is 0.625. The predicted molar refractivity (Wildman–Crippen MR) is 72.9 cm³/mol. The minimum absolute atomic E-state index is 0.625. The summed E-state index contributed by atoms with van der Waals surface area (Å²) in [6, 6.07) is 7.61. The van der Waals surface area contributed by atoms with Crippen molar-refractivity contribution in [3.05, 3.63) is 23.8 Å². The number of nitrogens with two attached hydrogens (primary N) is 1. The Labute approximate surface area is 104 Å². The molecule has 1 unspecified atom stereocenters. The van der Waals surface area contributed by atoms with Crippen LogP contribution in [0, 0.1) is 17.2 Å². The molecule has 0 aliphatic rings. The van der Waals surface area contributed by atoms with E-state index >= 15 is 0 Å². The van der Waals surface area contributed by atoms with Gasteiger partial charge >= 0.3 is 0 Å². The number of anilines is 2. The average Bonchev–Trinajstić information content (AvgIpc) is 2.36. The van der Waals surface area contributed by atoms with Gasteiger partial charge in [-0.2, -0.15) is 5.26 Å². The van der Waals surface area contributed by atoms with Gasteiger partial charge in [0.05, 0.1) is 23.0 Å². The summed E-state index contributed by atoms with van der Waals surface area (Å²) in [5.41, 5.74) is 8.37. The van der Waals surface area contributed by atoms with Crippen molar-refractivity contribution in [3.63, 3.8) is 0 Å². The Hall–Kier alpha value is -1.69. The van der Waals surface area contributed by atoms with Gasteiger partial charge in [0, 0.05) is 13.1 Å². The van der Waals surface area contributed by atoms with Crippen molar-refractivity contribution in [2.75, 3.05) is 23.7 Å². The topological polar surface area (TPSA) is 53.0 Å². The zero-order chi connectivity index (χ0) is 12.8. The third kappa shape index (κ3) is 3.39. The van der Waals surface area contributed by atoms with Crippen molar-refractivity contribution in [2.45, 2.75) is 27.2 Å². The maximum Gasteiger partial charge on any atom is 0.0992 e. The molecule has 0 bridgehead atoms. The van der Waals surface area contributed by atoms with E-state index in [4.69, 9.17) is 11.0 Å². The first-order chi connectivity index (χ1) is 8.12. The van der Waals surface area contributed by atoms with Gasteiger partial charge in [0.1, 0.15) is 0 Å². The number of benzene rings is 1. The zero-order valence-corrected chi connectivity index (χ0v) is 10.9. The highest BCUT2D eigenvalue weighted by Gasteiger charge is 2.11. The van der Waals surface area contributed by atoms with Gasteiger partial charge < -0.3 is 10.6 Å². The van der Waals surface area contributed by atoms with Gasteiger partial charge in [-0.1, -0.05) is 20.3 Å². The lowest BCUT2D eigenvalue weighted by Crippen LogP contribution is -2.28. The lowest BCUT2D eigenvalue weighted by atomic mass is 10.1. The molecule has 0 amide bonds. The van der Waals surface area contributed by atoms with E-state index in [9.17, 15) is 0 Å². The number of hydrogen-bond acceptors (Lipinski definition) is 3. The molecule has 1 aromatic carbocycles. The summed E-state index contributed by atoms with van der Waals surface area (Å²) in [6.07, 6.45) is 1.15. The molecule has 0 saturated heterocycles. The minimum Gasteiger partial charge on any atom is -0.397 e. The minimum atomic E-state index is 0.625. The van der Waals surface area contributed by atoms with Crippen LogP contribution in [0.25, 0.3) is 0 Å². The van der Waals surface area contributed by atoms with Crippen molar-refractivity contribution in [1.29, 1.82) is 5.26 Å². The Balaban J connectivity index is 2.98. The van der Waals surface area contributed by atoms with E-state index in [0.717, 1.165) is 30.9 Å². The predicted octanol–water partition coefficient (Wildman–Crippen LogP) is 3.01. The van der Waals surface area contributed by atoms with Crippen LogP contribution in [0.5, 0.6) is 0 Å². The van der Waals surface area contributed by atoms with E-state index in [-0.39, 0.29) is 0 Å². The first-order valence-electron chi connectivity index (χ1n) is 6.16. The summed E-state index contributed by atoms with van der Waals surface area (Å²) in [6.45, 7) is 8.41. The van der Waals surface area contributed by atoms with Crippen LogP contribution in [0.15, 0.2) is 18.2 Å². The van der Waals surface area contributed by atoms with Crippen LogP contribution in [-0.4, -0.2) is 13.1 Å². The van der Waals surface area contributed by atoms with Crippen LogP contribution in [0.1, 0.15) is 32.8 Å². The van der Waals surface area contributed by atoms with Crippen molar-refractivity contribution >= 4 is 11.4 Å². The number of nitriles is 1. The van der Waals surface area contributed by atoms with Gasteiger partial charge in [0.25, 0.3) is 0 Å². The molecule has 2 N–H and O–H groups in total. The molecule has 17 heavy (non-hydrogen) atoms. The molecule has 0 fully saturated rings. The molecule has 0 saturated carbocycles. The molecule has 3 heteroatoms. The second-order valence-electron chi connectivity index (χ2n) is 4.44. The molecule has 1 aromatic rings. The van der Waals surface area contributed by atoms with Gasteiger partial charge in [-0.3, -0.25) is 0 Å². The van der Waals surface area contributed by atoms with E-state index in [1.165, 1.54) is 0 Å². The fourth-order valence-electron chi connectivity index (χ4n) is 1.79. The summed E-state index contributed by atoms with van der Waals surface area (Å²) in [5, 5.41) is 8.93. The van der Waals surface area contributed by atoms with Crippen LogP contribution >= 0.6 is 0 Å². The van der Waals surface area contributed by atoms with Crippen LogP contribution in [0.4, 0.5) is 11.4 Å². The van der Waals surface area contributed by atoms with Crippen molar-refractivity contribution in [1.82, 2.24) is 0 Å². The quantitative estimate of drug-likeness (QED) is 0.792. The van der Waals surface area contributed by atoms with Gasteiger partial charge in [-0.25, -0.2) is 0 Å². The first kappa shape index (κ1) is 13.4. The smallest absolute Gasteiger partial charge is 0.0992 e. The molecular weight excluding hydrogens is 210 g/mol. The summed E-state index contributed by atoms with van der Waals surface area (Å²) < 4.78 is 0. The van der Waals surface area contributed by atoms with Gasteiger partial charge in [0.2, 0.25) is 0 Å². The summed E-state index contributed by atoms with van der Waals surface area (Å²) >= 11 is 0. The Morgan fingerprint density at radius 3 is 2.65 bits per heavy atom. The van der Waals surface area contributed by atoms with Crippen LogP contribution in [-0.2, 0) is 0 Å². The van der Waals surface area contributed by atoms with Crippen molar-refractivity contribution < 1.29 is 0 Å². The first-order valence-corrected chi connectivity index (χ1v) is 6.16. The standard InChI is InChI=1S/C14H21N3/c1-4-11(3)10-17(5-2)14-8-12(9-15)6-7-13(14)16/h6-8,11H,4-5,10,16H2,1-3H3. The Morgan fingerprint density at radius 1 is 1.41 bits per heavy atom. The molecule has 1 atom stereocenters. The SMILES string of the molecule is CCC(C)CN(CC)c1cc(C#N)ccc1N. The highest BCUT2D eigenvalue weighted by Crippen LogP contribution is 2.25. The van der Waals surface area contributed by atoms with Crippen LogP contribution < -0.4 is 10.6 Å². The summed E-state index contributed by atoms with van der Waals surface area (Å²) in [7, 11) is 0. The Kier molecular flexibility index (Phi) is 4.84. The van der Waals surface area contributed by atoms with Gasteiger partial charge in [-0.05, 0) is 31.0 Å². The molecule has 0 aliphatic heterocycles. The number of nitrogen functional groups attached to an aromatic ring is 1. The fraction of sp³-hybridized carbons (Fsp3) is 0.500.